The molecule has 5 rings (SSSR count). The summed E-state index contributed by atoms with van der Waals surface area (Å²) >= 11 is 0. The molecule has 2 heterocycles. The topological polar surface area (TPSA) is 289 Å². The number of fused-ring (bicyclic) bond motifs is 2. The zero-order valence-electron chi connectivity index (χ0n) is 34.3. The Hall–Kier alpha value is -7.24. The van der Waals surface area contributed by atoms with E-state index in [1.165, 1.54) is 13.4 Å². The first-order valence-electron chi connectivity index (χ1n) is 20.1. The summed E-state index contributed by atoms with van der Waals surface area (Å²) in [6.07, 6.45) is 5.88. The number of guanidine groups is 1. The van der Waals surface area contributed by atoms with E-state index < -0.39 is 60.2 Å². The molecule has 61 heavy (non-hydrogen) atoms. The zero-order chi connectivity index (χ0) is 43.9. The molecule has 3 aromatic carbocycles. The maximum absolute atomic E-state index is 14.5. The normalized spacial score (nSPS) is 13.0. The summed E-state index contributed by atoms with van der Waals surface area (Å²) in [5.41, 5.74) is 19.4. The summed E-state index contributed by atoms with van der Waals surface area (Å²) < 4.78 is 0. The fraction of sp³-hybridized carbons (Fsp3) is 0.349. The van der Waals surface area contributed by atoms with Gasteiger partial charge in [-0.3, -0.25) is 33.8 Å². The molecule has 2 aromatic heterocycles. The van der Waals surface area contributed by atoms with Gasteiger partial charge in [0.1, 0.15) is 24.2 Å². The van der Waals surface area contributed by atoms with E-state index in [-0.39, 0.29) is 56.9 Å². The molecule has 0 aliphatic rings. The molecule has 0 saturated heterocycles. The molecule has 0 radical (unpaired) electrons. The van der Waals surface area contributed by atoms with E-state index in [0.717, 1.165) is 37.7 Å². The van der Waals surface area contributed by atoms with Gasteiger partial charge in [0.05, 0.1) is 12.9 Å². The third-order valence-electron chi connectivity index (χ3n) is 10.1. The number of nitrogens with one attached hydrogen (secondary N) is 6. The Morgan fingerprint density at radius 3 is 2.15 bits per heavy atom. The van der Waals surface area contributed by atoms with Gasteiger partial charge >= 0.3 is 0 Å². The lowest BCUT2D eigenvalue weighted by Gasteiger charge is -2.28. The minimum absolute atomic E-state index is 0.0179. The van der Waals surface area contributed by atoms with Crippen molar-refractivity contribution in [2.24, 2.45) is 22.2 Å². The first kappa shape index (κ1) is 44.9. The average Bonchev–Trinajstić information content (AvgIpc) is 3.90. The maximum atomic E-state index is 14.5. The molecule has 5 aromatic rings. The first-order valence-corrected chi connectivity index (χ1v) is 20.1. The van der Waals surface area contributed by atoms with Gasteiger partial charge in [0, 0.05) is 68.3 Å². The Labute approximate surface area is 352 Å². The number of carbonyl (C=O) groups excluding carboxylic acids is 6. The zero-order valence-corrected chi connectivity index (χ0v) is 34.3. The summed E-state index contributed by atoms with van der Waals surface area (Å²) in [4.78, 5) is 96.7. The van der Waals surface area contributed by atoms with Crippen LogP contribution in [-0.2, 0) is 48.0 Å². The van der Waals surface area contributed by atoms with Crippen LogP contribution in [0.3, 0.4) is 0 Å². The fourth-order valence-electron chi connectivity index (χ4n) is 7.02. The van der Waals surface area contributed by atoms with E-state index in [4.69, 9.17) is 17.2 Å². The Morgan fingerprint density at radius 2 is 1.44 bits per heavy atom. The quantitative estimate of drug-likeness (QED) is 0.0271. The van der Waals surface area contributed by atoms with Crippen LogP contribution < -0.4 is 38.5 Å². The van der Waals surface area contributed by atoms with Crippen molar-refractivity contribution in [1.82, 2.24) is 41.1 Å². The first-order chi connectivity index (χ1) is 29.3. The number of carbonyl (C=O) groups is 6. The number of hydrogen-bond donors (Lipinski definition) is 9. The largest absolute Gasteiger partial charge is 0.370 e. The van der Waals surface area contributed by atoms with Crippen LogP contribution in [0.5, 0.6) is 0 Å². The van der Waals surface area contributed by atoms with Crippen LogP contribution in [-0.4, -0.2) is 106 Å². The number of rotatable bonds is 22. The average molecular weight is 835 g/mol. The van der Waals surface area contributed by atoms with E-state index >= 15 is 0 Å². The smallest absolute Gasteiger partial charge is 0.245 e. The van der Waals surface area contributed by atoms with Gasteiger partial charge in [-0.05, 0) is 47.2 Å². The molecule has 0 saturated carbocycles. The predicted molar refractivity (Wildman–Crippen MR) is 231 cm³/mol. The van der Waals surface area contributed by atoms with Crippen molar-refractivity contribution in [1.29, 1.82) is 0 Å². The van der Waals surface area contributed by atoms with E-state index in [2.05, 4.69) is 41.2 Å². The molecule has 0 aliphatic heterocycles. The van der Waals surface area contributed by atoms with Crippen molar-refractivity contribution in [3.63, 3.8) is 0 Å². The molecule has 0 bridgehead atoms. The van der Waals surface area contributed by atoms with Crippen LogP contribution in [0.25, 0.3) is 21.7 Å². The Kier molecular flexibility index (Phi) is 15.9. The number of imidazole rings is 1. The van der Waals surface area contributed by atoms with Crippen LogP contribution in [0, 0.1) is 0 Å². The number of primary amides is 1. The highest BCUT2D eigenvalue weighted by atomic mass is 16.2. The van der Waals surface area contributed by atoms with Crippen LogP contribution in [0.4, 0.5) is 0 Å². The number of H-pyrrole nitrogens is 2. The second-order valence-corrected chi connectivity index (χ2v) is 14.9. The standard InChI is InChI=1S/C43H54N12O6/c1-3-9-38(57)51-35(21-30-23-47-25-50-30)41(60)53-34(19-26-15-16-27-10-4-5-11-28(27)18-26)40(59)52-33(14-8-17-48-43(45)46)39(58)54-36(42(61)55(2)24-37(44)56)20-29-22-49-32-13-7-6-12-31(29)32/h4-7,10-13,15-16,18,22-23,25,33-36,49H,3,8-9,14,17,19-21,24H2,1-2H3,(H2,44,56)(H,47,50)(H,51,57)(H,52,59)(H,53,60)(H,54,58)(H4,45,46,48). The summed E-state index contributed by atoms with van der Waals surface area (Å²) in [5, 5.41) is 14.0. The van der Waals surface area contributed by atoms with Gasteiger partial charge in [-0.2, -0.15) is 0 Å². The van der Waals surface area contributed by atoms with Crippen LogP contribution in [0.15, 0.2) is 90.4 Å². The van der Waals surface area contributed by atoms with Gasteiger partial charge in [-0.25, -0.2) is 4.98 Å². The van der Waals surface area contributed by atoms with Crippen molar-refractivity contribution in [3.05, 3.63) is 102 Å². The lowest BCUT2D eigenvalue weighted by Crippen LogP contribution is -2.59. The minimum Gasteiger partial charge on any atom is -0.370 e. The third-order valence-corrected chi connectivity index (χ3v) is 10.1. The highest BCUT2D eigenvalue weighted by molar-refractivity contribution is 5.97. The van der Waals surface area contributed by atoms with Crippen molar-refractivity contribution in [2.45, 2.75) is 76.0 Å². The number of amides is 6. The SMILES string of the molecule is CCCC(=O)NC(Cc1cnc[nH]1)C(=O)NC(Cc1ccc2ccccc2c1)C(=O)NC(CCCN=C(N)N)C(=O)NC(Cc1c[nH]c2ccccc12)C(=O)N(C)CC(N)=O. The van der Waals surface area contributed by atoms with Crippen molar-refractivity contribution >= 4 is 63.1 Å². The lowest BCUT2D eigenvalue weighted by molar-refractivity contribution is -0.138. The number of aliphatic imine (C=N–C) groups is 1. The Bertz CT molecular complexity index is 2340. The highest BCUT2D eigenvalue weighted by Gasteiger charge is 2.33. The predicted octanol–water partition coefficient (Wildman–Crippen LogP) is 0.809. The molecular weight excluding hydrogens is 781 g/mol. The number of nitrogens with zero attached hydrogens (tertiary/aromatic N) is 3. The summed E-state index contributed by atoms with van der Waals surface area (Å²) in [6.45, 7) is 1.58. The molecular formula is C43H54N12O6. The molecule has 18 heteroatoms. The van der Waals surface area contributed by atoms with Crippen molar-refractivity contribution < 1.29 is 28.8 Å². The number of aromatic amines is 2. The van der Waals surface area contributed by atoms with E-state index in [1.54, 1.807) is 12.4 Å². The lowest BCUT2D eigenvalue weighted by atomic mass is 9.99. The highest BCUT2D eigenvalue weighted by Crippen LogP contribution is 2.21. The Morgan fingerprint density at radius 1 is 0.770 bits per heavy atom. The van der Waals surface area contributed by atoms with Gasteiger partial charge in [-0.1, -0.05) is 67.6 Å². The molecule has 0 spiro atoms. The molecule has 322 valence electrons. The number of benzene rings is 3. The summed E-state index contributed by atoms with van der Waals surface area (Å²) in [5.74, 6) is -3.85. The number of aromatic nitrogens is 3. The molecule has 4 unspecified atom stereocenters. The van der Waals surface area contributed by atoms with E-state index in [0.29, 0.717) is 12.1 Å². The number of likely N-dealkylation sites (N-methyl/N-ethyl adjacent to an activating group) is 1. The van der Waals surface area contributed by atoms with E-state index in [9.17, 15) is 28.8 Å². The van der Waals surface area contributed by atoms with Gasteiger partial charge in [0.2, 0.25) is 35.4 Å². The minimum atomic E-state index is -1.25. The van der Waals surface area contributed by atoms with Crippen molar-refractivity contribution in [2.75, 3.05) is 20.1 Å². The van der Waals surface area contributed by atoms with E-state index in [1.807, 2.05) is 73.7 Å². The number of nitrogens with two attached hydrogens (primary N) is 3. The van der Waals surface area contributed by atoms with Gasteiger partial charge < -0.3 is 53.3 Å². The van der Waals surface area contributed by atoms with Crippen LogP contribution >= 0.6 is 0 Å². The van der Waals surface area contributed by atoms with Crippen molar-refractivity contribution in [3.8, 4) is 0 Å². The Balaban J connectivity index is 1.45. The summed E-state index contributed by atoms with van der Waals surface area (Å²) in [7, 11) is 1.40. The van der Waals surface area contributed by atoms with Crippen LogP contribution in [0.2, 0.25) is 0 Å². The maximum Gasteiger partial charge on any atom is 0.245 e. The molecule has 0 aliphatic carbocycles. The molecule has 0 fully saturated rings. The number of hydrogen-bond acceptors (Lipinski definition) is 8. The molecule has 12 N–H and O–H groups in total. The summed E-state index contributed by atoms with van der Waals surface area (Å²) in [6, 6.07) is 16.1. The van der Waals surface area contributed by atoms with Gasteiger partial charge in [0.15, 0.2) is 5.96 Å². The van der Waals surface area contributed by atoms with Gasteiger partial charge in [0.25, 0.3) is 0 Å². The second kappa shape index (κ2) is 21.7. The second-order valence-electron chi connectivity index (χ2n) is 14.9. The number of para-hydroxylation sites is 1. The molecule has 6 amide bonds. The third kappa shape index (κ3) is 13.1. The van der Waals surface area contributed by atoms with Crippen LogP contribution in [0.1, 0.15) is 49.4 Å². The monoisotopic (exact) mass is 834 g/mol. The molecule has 4 atom stereocenters. The van der Waals surface area contributed by atoms with Gasteiger partial charge in [-0.15, -0.1) is 0 Å². The molecule has 18 nitrogen and oxygen atoms in total. The fourth-order valence-corrected chi connectivity index (χ4v) is 7.02.